The van der Waals surface area contributed by atoms with Crippen molar-refractivity contribution >= 4 is 48.8 Å². The molecule has 3 heterocycles. The molecular formula is C27H28N4O4S2. The predicted octanol–water partition coefficient (Wildman–Crippen LogP) is 5.55. The number of amides is 1. The summed E-state index contributed by atoms with van der Waals surface area (Å²) in [5.41, 5.74) is 2.16. The average molecular weight is 537 g/mol. The van der Waals surface area contributed by atoms with Gasteiger partial charge in [0.1, 0.15) is 5.76 Å². The molecule has 37 heavy (non-hydrogen) atoms. The van der Waals surface area contributed by atoms with Crippen LogP contribution < -0.4 is 5.01 Å². The number of carbonyl (C=O) groups excluding carboxylic acids is 1. The van der Waals surface area contributed by atoms with Crippen LogP contribution in [0.1, 0.15) is 41.9 Å². The van der Waals surface area contributed by atoms with Crippen LogP contribution in [0.4, 0.5) is 5.13 Å². The van der Waals surface area contributed by atoms with Gasteiger partial charge in [-0.1, -0.05) is 31.3 Å². The topological polar surface area (TPSA) is 96.1 Å². The number of anilines is 1. The maximum atomic E-state index is 13.6. The molecule has 4 aromatic rings. The van der Waals surface area contributed by atoms with E-state index in [0.29, 0.717) is 41.4 Å². The Labute approximate surface area is 220 Å². The lowest BCUT2D eigenvalue weighted by Crippen LogP contribution is -2.42. The first-order chi connectivity index (χ1) is 17.7. The second-order valence-corrected chi connectivity index (χ2v) is 12.6. The monoisotopic (exact) mass is 536 g/mol. The number of fused-ring (bicyclic) bond motifs is 1. The Morgan fingerprint density at radius 2 is 1.86 bits per heavy atom. The Kier molecular flexibility index (Phi) is 6.98. The lowest BCUT2D eigenvalue weighted by atomic mass is 9.94. The number of nitrogens with zero attached hydrogens (tertiary/aromatic N) is 4. The normalized spacial score (nSPS) is 19.0. The van der Waals surface area contributed by atoms with E-state index in [1.54, 1.807) is 16.4 Å². The molecule has 2 aromatic carbocycles. The number of aromatic nitrogens is 1. The minimum absolute atomic E-state index is 0.173. The highest BCUT2D eigenvalue weighted by atomic mass is 32.2. The van der Waals surface area contributed by atoms with Crippen molar-refractivity contribution < 1.29 is 17.6 Å². The van der Waals surface area contributed by atoms with Crippen molar-refractivity contribution in [1.82, 2.24) is 9.29 Å². The molecule has 0 aliphatic carbocycles. The van der Waals surface area contributed by atoms with Crippen molar-refractivity contribution in [2.24, 2.45) is 16.9 Å². The molecule has 192 valence electrons. The first-order valence-corrected chi connectivity index (χ1v) is 14.4. The molecule has 0 saturated carbocycles. The molecule has 5 rings (SSSR count). The smallest absolute Gasteiger partial charge is 0.280 e. The number of piperidine rings is 1. The molecule has 1 saturated heterocycles. The molecular weight excluding hydrogens is 508 g/mol. The summed E-state index contributed by atoms with van der Waals surface area (Å²) >= 11 is 1.35. The van der Waals surface area contributed by atoms with Gasteiger partial charge in [0, 0.05) is 18.7 Å². The largest absolute Gasteiger partial charge is 0.463 e. The van der Waals surface area contributed by atoms with E-state index in [2.05, 4.69) is 23.9 Å². The first kappa shape index (κ1) is 25.3. The average Bonchev–Trinajstić information content (AvgIpc) is 3.53. The number of hydrogen-bond donors (Lipinski definition) is 0. The molecule has 1 fully saturated rings. The lowest BCUT2D eigenvalue weighted by molar-refractivity contribution is 0.0987. The van der Waals surface area contributed by atoms with Crippen molar-refractivity contribution in [3.05, 3.63) is 77.7 Å². The maximum absolute atomic E-state index is 13.6. The van der Waals surface area contributed by atoms with Crippen LogP contribution in [0.15, 0.2) is 75.3 Å². The van der Waals surface area contributed by atoms with E-state index in [9.17, 15) is 13.2 Å². The van der Waals surface area contributed by atoms with Crippen LogP contribution in [0.2, 0.25) is 0 Å². The van der Waals surface area contributed by atoms with E-state index < -0.39 is 15.9 Å². The van der Waals surface area contributed by atoms with Crippen LogP contribution in [0.5, 0.6) is 0 Å². The second kappa shape index (κ2) is 10.2. The third-order valence-electron chi connectivity index (χ3n) is 6.32. The van der Waals surface area contributed by atoms with Gasteiger partial charge in [0.25, 0.3) is 5.91 Å². The highest BCUT2D eigenvalue weighted by molar-refractivity contribution is 7.89. The van der Waals surface area contributed by atoms with Gasteiger partial charge in [-0.3, -0.25) is 4.79 Å². The minimum Gasteiger partial charge on any atom is -0.463 e. The van der Waals surface area contributed by atoms with Crippen LogP contribution in [0, 0.1) is 18.8 Å². The molecule has 8 nitrogen and oxygen atoms in total. The lowest BCUT2D eigenvalue weighted by Gasteiger charge is -2.34. The highest BCUT2D eigenvalue weighted by Crippen LogP contribution is 2.31. The third kappa shape index (κ3) is 5.36. The summed E-state index contributed by atoms with van der Waals surface area (Å²) in [6, 6.07) is 15.4. The van der Waals surface area contributed by atoms with E-state index in [1.807, 2.05) is 25.1 Å². The van der Waals surface area contributed by atoms with E-state index in [-0.39, 0.29) is 4.90 Å². The fourth-order valence-electron chi connectivity index (χ4n) is 4.62. The van der Waals surface area contributed by atoms with Gasteiger partial charge in [-0.2, -0.15) is 14.4 Å². The van der Waals surface area contributed by atoms with Gasteiger partial charge in [0.05, 0.1) is 27.6 Å². The third-order valence-corrected chi connectivity index (χ3v) is 9.16. The zero-order valence-electron chi connectivity index (χ0n) is 20.9. The molecule has 2 aromatic heterocycles. The van der Waals surface area contributed by atoms with Gasteiger partial charge in [0.2, 0.25) is 15.2 Å². The van der Waals surface area contributed by atoms with Crippen LogP contribution in [-0.2, 0) is 10.0 Å². The fourth-order valence-corrected chi connectivity index (χ4v) is 7.32. The summed E-state index contributed by atoms with van der Waals surface area (Å²) in [5, 5.41) is 6.00. The summed E-state index contributed by atoms with van der Waals surface area (Å²) in [7, 11) is -3.65. The molecule has 2 atom stereocenters. The highest BCUT2D eigenvalue weighted by Gasteiger charge is 2.32. The number of rotatable bonds is 6. The summed E-state index contributed by atoms with van der Waals surface area (Å²) in [6.45, 7) is 7.14. The van der Waals surface area contributed by atoms with Crippen LogP contribution in [0.25, 0.3) is 10.2 Å². The molecule has 0 N–H and O–H groups in total. The standard InChI is InChI=1S/C27H28N4O4S2/c1-18-6-11-24-25(14-18)36-27(29-24)31(28-15-22-5-4-12-35-22)26(32)21-7-9-23(10-8-21)37(33,34)30-16-19(2)13-20(3)17-30/h4-12,14-15,19-20H,13,16-17H2,1-3H3/b28-15+. The summed E-state index contributed by atoms with van der Waals surface area (Å²) in [5.74, 6) is 0.666. The van der Waals surface area contributed by atoms with Crippen molar-refractivity contribution in [1.29, 1.82) is 0 Å². The van der Waals surface area contributed by atoms with Crippen molar-refractivity contribution in [2.45, 2.75) is 32.1 Å². The fraction of sp³-hybridized carbons (Fsp3) is 0.296. The second-order valence-electron chi connectivity index (χ2n) is 9.64. The number of hydrogen-bond acceptors (Lipinski definition) is 7. The number of aryl methyl sites for hydroxylation is 1. The number of benzene rings is 2. The minimum atomic E-state index is -3.65. The molecule has 2 unspecified atom stereocenters. The van der Waals surface area contributed by atoms with Gasteiger partial charge >= 0.3 is 0 Å². The Balaban J connectivity index is 1.45. The number of sulfonamides is 1. The van der Waals surface area contributed by atoms with E-state index >= 15 is 0 Å². The van der Waals surface area contributed by atoms with Crippen LogP contribution in [0.3, 0.4) is 0 Å². The van der Waals surface area contributed by atoms with E-state index in [0.717, 1.165) is 22.2 Å². The first-order valence-electron chi connectivity index (χ1n) is 12.1. The predicted molar refractivity (Wildman–Crippen MR) is 146 cm³/mol. The number of thiazole rings is 1. The Morgan fingerprint density at radius 3 is 2.54 bits per heavy atom. The van der Waals surface area contributed by atoms with Gasteiger partial charge < -0.3 is 4.42 Å². The molecule has 0 bridgehead atoms. The molecule has 0 radical (unpaired) electrons. The van der Waals surface area contributed by atoms with Crippen molar-refractivity contribution in [2.75, 3.05) is 18.1 Å². The maximum Gasteiger partial charge on any atom is 0.280 e. The van der Waals surface area contributed by atoms with Gasteiger partial charge in [-0.15, -0.1) is 0 Å². The molecule has 1 aliphatic rings. The quantitative estimate of drug-likeness (QED) is 0.238. The van der Waals surface area contributed by atoms with E-state index in [1.165, 1.54) is 53.1 Å². The number of carbonyl (C=O) groups is 1. The number of hydrazone groups is 1. The molecule has 1 amide bonds. The SMILES string of the molecule is Cc1ccc2nc(N(/N=C/c3ccco3)C(=O)c3ccc(S(=O)(=O)N4CC(C)CC(C)C4)cc3)sc2c1. The Morgan fingerprint density at radius 1 is 1.14 bits per heavy atom. The van der Waals surface area contributed by atoms with Crippen LogP contribution >= 0.6 is 11.3 Å². The van der Waals surface area contributed by atoms with Gasteiger partial charge in [-0.25, -0.2) is 13.4 Å². The molecule has 1 aliphatic heterocycles. The summed E-state index contributed by atoms with van der Waals surface area (Å²) < 4.78 is 34.3. The zero-order chi connectivity index (χ0) is 26.2. The zero-order valence-corrected chi connectivity index (χ0v) is 22.5. The van der Waals surface area contributed by atoms with Crippen molar-refractivity contribution in [3.63, 3.8) is 0 Å². The molecule has 10 heteroatoms. The Bertz CT molecular complexity index is 1530. The molecule has 0 spiro atoms. The number of furan rings is 1. The van der Waals surface area contributed by atoms with Crippen molar-refractivity contribution in [3.8, 4) is 0 Å². The van der Waals surface area contributed by atoms with E-state index in [4.69, 9.17) is 4.42 Å². The van der Waals surface area contributed by atoms with Gasteiger partial charge in [0.15, 0.2) is 0 Å². The van der Waals surface area contributed by atoms with Crippen LogP contribution in [-0.4, -0.2) is 42.9 Å². The summed E-state index contributed by atoms with van der Waals surface area (Å²) in [6.07, 6.45) is 3.99. The van der Waals surface area contributed by atoms with Gasteiger partial charge in [-0.05, 0) is 79.3 Å². The Hall–Kier alpha value is -3.34. The summed E-state index contributed by atoms with van der Waals surface area (Å²) in [4.78, 5) is 18.4.